The summed E-state index contributed by atoms with van der Waals surface area (Å²) in [6.45, 7) is 5.45. The number of amides is 1. The number of likely N-dealkylation sites (tertiary alicyclic amines) is 1. The minimum atomic E-state index is -0.577. The van der Waals surface area contributed by atoms with Crippen molar-refractivity contribution in [1.82, 2.24) is 9.88 Å². The first-order valence-corrected chi connectivity index (χ1v) is 6.79. The maximum Gasteiger partial charge on any atom is 0.411 e. The molecule has 0 bridgehead atoms. The number of aldehydes is 1. The van der Waals surface area contributed by atoms with Crippen LogP contribution in [0.5, 0.6) is 0 Å². The van der Waals surface area contributed by atoms with Crippen LogP contribution < -0.4 is 0 Å². The van der Waals surface area contributed by atoms with Crippen LogP contribution in [0.25, 0.3) is 0 Å². The lowest BCUT2D eigenvalue weighted by Gasteiger charge is -2.30. The predicted molar refractivity (Wildman–Crippen MR) is 74.1 cm³/mol. The van der Waals surface area contributed by atoms with E-state index >= 15 is 0 Å². The average Bonchev–Trinajstić information content (AvgIpc) is 2.81. The van der Waals surface area contributed by atoms with E-state index in [9.17, 15) is 9.59 Å². The van der Waals surface area contributed by atoms with Crippen LogP contribution in [0.1, 0.15) is 45.2 Å². The third kappa shape index (κ3) is 3.15. The molecule has 1 aromatic heterocycles. The smallest absolute Gasteiger partial charge is 0.411 e. The number of hydrogen-bond donors (Lipinski definition) is 0. The fraction of sp³-hybridized carbons (Fsp3) is 0.533. The molecule has 0 radical (unpaired) electrons. The molecule has 2 atom stereocenters. The molecular formula is C15H20N2O3. The summed E-state index contributed by atoms with van der Waals surface area (Å²) < 4.78 is 5.41. The lowest BCUT2D eigenvalue weighted by Crippen LogP contribution is -2.41. The fourth-order valence-electron chi connectivity index (χ4n) is 2.45. The van der Waals surface area contributed by atoms with E-state index in [0.717, 1.165) is 18.3 Å². The highest BCUT2D eigenvalue weighted by Gasteiger charge is 2.39. The van der Waals surface area contributed by atoms with E-state index in [2.05, 4.69) is 4.98 Å². The molecule has 20 heavy (non-hydrogen) atoms. The lowest BCUT2D eigenvalue weighted by atomic mass is 10.1. The number of hydrogen-bond acceptors (Lipinski definition) is 4. The van der Waals surface area contributed by atoms with Crippen LogP contribution >= 0.6 is 0 Å². The topological polar surface area (TPSA) is 59.5 Å². The van der Waals surface area contributed by atoms with E-state index in [1.165, 1.54) is 4.90 Å². The van der Waals surface area contributed by atoms with Crippen molar-refractivity contribution >= 4 is 12.4 Å². The van der Waals surface area contributed by atoms with Crippen molar-refractivity contribution in [1.29, 1.82) is 0 Å². The van der Waals surface area contributed by atoms with Gasteiger partial charge in [0, 0.05) is 12.4 Å². The van der Waals surface area contributed by atoms with Gasteiger partial charge in [-0.25, -0.2) is 4.79 Å². The summed E-state index contributed by atoms with van der Waals surface area (Å²) in [7, 11) is 0. The molecule has 1 aliphatic rings. The molecule has 2 rings (SSSR count). The van der Waals surface area contributed by atoms with Crippen LogP contribution in [0.15, 0.2) is 24.5 Å². The molecule has 1 amide bonds. The highest BCUT2D eigenvalue weighted by Crippen LogP contribution is 2.36. The number of rotatable bonds is 2. The largest absolute Gasteiger partial charge is 0.444 e. The van der Waals surface area contributed by atoms with Crippen LogP contribution in [-0.4, -0.2) is 33.9 Å². The lowest BCUT2D eigenvalue weighted by molar-refractivity contribution is -0.112. The Kier molecular flexibility index (Phi) is 4.06. The number of pyridine rings is 1. The Balaban J connectivity index is 2.24. The van der Waals surface area contributed by atoms with E-state index in [1.807, 2.05) is 32.9 Å². The summed E-state index contributed by atoms with van der Waals surface area (Å²) in [5, 5.41) is 0. The molecule has 2 heterocycles. The normalized spacial score (nSPS) is 22.6. The van der Waals surface area contributed by atoms with E-state index in [4.69, 9.17) is 4.74 Å². The number of nitrogens with zero attached hydrogens (tertiary/aromatic N) is 2. The molecule has 0 N–H and O–H groups in total. The molecule has 0 aromatic carbocycles. The van der Waals surface area contributed by atoms with E-state index in [-0.39, 0.29) is 6.04 Å². The number of carbonyl (C=O) groups excluding carboxylic acids is 2. The first-order valence-electron chi connectivity index (χ1n) is 6.79. The van der Waals surface area contributed by atoms with Crippen molar-refractivity contribution in [2.75, 3.05) is 0 Å². The molecule has 5 nitrogen and oxygen atoms in total. The standard InChI is InChI=1S/C15H20N2O3/c1-15(2,3)20-14(19)17-12(10-18)6-7-13(17)11-5-4-8-16-9-11/h4-5,8-10,12-13H,6-7H2,1-3H3/t12-,13+/m1/s1. The molecule has 1 aromatic rings. The van der Waals surface area contributed by atoms with Crippen molar-refractivity contribution in [2.24, 2.45) is 0 Å². The van der Waals surface area contributed by atoms with Gasteiger partial charge in [0.05, 0.1) is 12.1 Å². The number of carbonyl (C=O) groups is 2. The SMILES string of the molecule is CC(C)(C)OC(=O)N1[C@@H](C=O)CC[C@H]1c1cccnc1. The highest BCUT2D eigenvalue weighted by molar-refractivity contribution is 5.75. The summed E-state index contributed by atoms with van der Waals surface area (Å²) in [4.78, 5) is 29.2. The Hall–Kier alpha value is -1.91. The molecule has 1 saturated heterocycles. The third-order valence-corrected chi connectivity index (χ3v) is 3.26. The van der Waals surface area contributed by atoms with Crippen LogP contribution in [0.4, 0.5) is 4.79 Å². The second kappa shape index (κ2) is 5.61. The first-order chi connectivity index (χ1) is 9.42. The van der Waals surface area contributed by atoms with Gasteiger partial charge in [0.1, 0.15) is 11.9 Å². The minimum absolute atomic E-state index is 0.145. The highest BCUT2D eigenvalue weighted by atomic mass is 16.6. The van der Waals surface area contributed by atoms with E-state index in [1.54, 1.807) is 12.4 Å². The predicted octanol–water partition coefficient (Wildman–Crippen LogP) is 2.72. The Morgan fingerprint density at radius 1 is 1.45 bits per heavy atom. The average molecular weight is 276 g/mol. The molecule has 1 aliphatic heterocycles. The van der Waals surface area contributed by atoms with Gasteiger partial charge >= 0.3 is 6.09 Å². The first kappa shape index (κ1) is 14.5. The fourth-order valence-corrected chi connectivity index (χ4v) is 2.45. The van der Waals surface area contributed by atoms with Gasteiger partial charge in [0.2, 0.25) is 0 Å². The van der Waals surface area contributed by atoms with Crippen LogP contribution in [-0.2, 0) is 9.53 Å². The quantitative estimate of drug-likeness (QED) is 0.779. The molecule has 108 valence electrons. The van der Waals surface area contributed by atoms with E-state index in [0.29, 0.717) is 6.42 Å². The van der Waals surface area contributed by atoms with Crippen molar-refractivity contribution in [2.45, 2.75) is 51.3 Å². The zero-order chi connectivity index (χ0) is 14.8. The van der Waals surface area contributed by atoms with Gasteiger partial charge in [-0.3, -0.25) is 9.88 Å². The van der Waals surface area contributed by atoms with Gasteiger partial charge in [-0.2, -0.15) is 0 Å². The second-order valence-corrected chi connectivity index (χ2v) is 5.97. The van der Waals surface area contributed by atoms with Crippen molar-refractivity contribution in [3.05, 3.63) is 30.1 Å². The summed E-state index contributed by atoms with van der Waals surface area (Å²) in [6, 6.07) is 3.18. The second-order valence-electron chi connectivity index (χ2n) is 5.97. The third-order valence-electron chi connectivity index (χ3n) is 3.26. The minimum Gasteiger partial charge on any atom is -0.444 e. The Morgan fingerprint density at radius 2 is 2.20 bits per heavy atom. The van der Waals surface area contributed by atoms with Crippen LogP contribution in [0.2, 0.25) is 0 Å². The summed E-state index contributed by atoms with van der Waals surface area (Å²) >= 11 is 0. The molecule has 0 unspecified atom stereocenters. The van der Waals surface area contributed by atoms with Gasteiger partial charge in [-0.15, -0.1) is 0 Å². The van der Waals surface area contributed by atoms with Crippen LogP contribution in [0.3, 0.4) is 0 Å². The Labute approximate surface area is 118 Å². The molecular weight excluding hydrogens is 256 g/mol. The zero-order valence-electron chi connectivity index (χ0n) is 12.1. The maximum atomic E-state index is 12.3. The van der Waals surface area contributed by atoms with Gasteiger partial charge in [-0.1, -0.05) is 6.07 Å². The monoisotopic (exact) mass is 276 g/mol. The molecule has 1 fully saturated rings. The van der Waals surface area contributed by atoms with Crippen molar-refractivity contribution < 1.29 is 14.3 Å². The van der Waals surface area contributed by atoms with Crippen molar-refractivity contribution in [3.8, 4) is 0 Å². The molecule has 5 heteroatoms. The Morgan fingerprint density at radius 3 is 2.75 bits per heavy atom. The van der Waals surface area contributed by atoms with E-state index < -0.39 is 17.7 Å². The van der Waals surface area contributed by atoms with Gasteiger partial charge in [0.15, 0.2) is 0 Å². The van der Waals surface area contributed by atoms with Gasteiger partial charge in [0.25, 0.3) is 0 Å². The summed E-state index contributed by atoms with van der Waals surface area (Å²) in [6.07, 6.45) is 5.19. The molecule has 0 aliphatic carbocycles. The zero-order valence-corrected chi connectivity index (χ0v) is 12.1. The van der Waals surface area contributed by atoms with Gasteiger partial charge < -0.3 is 9.53 Å². The van der Waals surface area contributed by atoms with Crippen LogP contribution in [0, 0.1) is 0 Å². The van der Waals surface area contributed by atoms with Crippen molar-refractivity contribution in [3.63, 3.8) is 0 Å². The summed E-state index contributed by atoms with van der Waals surface area (Å²) in [5.74, 6) is 0. The molecule has 0 spiro atoms. The van der Waals surface area contributed by atoms with Gasteiger partial charge in [-0.05, 0) is 45.2 Å². The Bertz CT molecular complexity index is 482. The molecule has 0 saturated carbocycles. The summed E-state index contributed by atoms with van der Waals surface area (Å²) in [5.41, 5.74) is 0.356. The number of aromatic nitrogens is 1. The maximum absolute atomic E-state index is 12.3. The number of ether oxygens (including phenoxy) is 1.